The van der Waals surface area contributed by atoms with Gasteiger partial charge in [-0.05, 0) is 30.5 Å². The lowest BCUT2D eigenvalue weighted by Crippen LogP contribution is -2.45. The summed E-state index contributed by atoms with van der Waals surface area (Å²) in [7, 11) is -2.14. The molecule has 136 valence electrons. The first-order valence-corrected chi connectivity index (χ1v) is 9.89. The first-order chi connectivity index (χ1) is 11.9. The zero-order valence-corrected chi connectivity index (χ0v) is 15.5. The van der Waals surface area contributed by atoms with Crippen molar-refractivity contribution in [1.29, 1.82) is 0 Å². The summed E-state index contributed by atoms with van der Waals surface area (Å²) in [4.78, 5) is 12.0. The summed E-state index contributed by atoms with van der Waals surface area (Å²) in [6.45, 7) is 1.96. The third kappa shape index (κ3) is 5.45. The Labute approximate surface area is 151 Å². The average molecular weight is 384 g/mol. The summed E-state index contributed by atoms with van der Waals surface area (Å²) in [5.41, 5.74) is 0. The summed E-state index contributed by atoms with van der Waals surface area (Å²) >= 11 is 1.09. The van der Waals surface area contributed by atoms with Gasteiger partial charge in [0.25, 0.3) is 10.0 Å². The van der Waals surface area contributed by atoms with Gasteiger partial charge in [0.1, 0.15) is 10.8 Å². The first kappa shape index (κ1) is 19.2. The minimum absolute atomic E-state index is 0.173. The standard InChI is InChI=1S/C16H20N2O5S2/c1-12(18-25(20,21)15-8-5-11-24-15)16(19)17-9-10-23-14-7-4-3-6-13(14)22-2/h3-8,11-12,18H,9-10H2,1-2H3,(H,17,19). The molecule has 0 aliphatic heterocycles. The molecule has 0 saturated carbocycles. The van der Waals surface area contributed by atoms with Crippen molar-refractivity contribution in [3.8, 4) is 11.5 Å². The highest BCUT2D eigenvalue weighted by Gasteiger charge is 2.22. The number of thiophene rings is 1. The zero-order chi connectivity index (χ0) is 18.3. The second kappa shape index (κ2) is 8.84. The van der Waals surface area contributed by atoms with Gasteiger partial charge < -0.3 is 14.8 Å². The Balaban J connectivity index is 1.78. The molecule has 0 aliphatic carbocycles. The lowest BCUT2D eigenvalue weighted by Gasteiger charge is -2.14. The smallest absolute Gasteiger partial charge is 0.250 e. The summed E-state index contributed by atoms with van der Waals surface area (Å²) in [5, 5.41) is 4.29. The molecular weight excluding hydrogens is 364 g/mol. The van der Waals surface area contributed by atoms with E-state index in [2.05, 4.69) is 10.0 Å². The monoisotopic (exact) mass is 384 g/mol. The number of hydrogen-bond donors (Lipinski definition) is 2. The molecule has 0 spiro atoms. The van der Waals surface area contributed by atoms with Crippen LogP contribution in [-0.4, -0.2) is 40.6 Å². The Bertz CT molecular complexity index is 791. The number of carbonyl (C=O) groups is 1. The van der Waals surface area contributed by atoms with Crippen LogP contribution in [0.25, 0.3) is 0 Å². The highest BCUT2D eigenvalue weighted by Crippen LogP contribution is 2.25. The SMILES string of the molecule is COc1ccccc1OCCNC(=O)C(C)NS(=O)(=O)c1cccs1. The molecule has 2 rings (SSSR count). The molecule has 25 heavy (non-hydrogen) atoms. The fourth-order valence-electron chi connectivity index (χ4n) is 1.99. The molecular formula is C16H20N2O5S2. The molecule has 0 saturated heterocycles. The summed E-state index contributed by atoms with van der Waals surface area (Å²) in [5.74, 6) is 0.750. The zero-order valence-electron chi connectivity index (χ0n) is 13.9. The van der Waals surface area contributed by atoms with E-state index in [9.17, 15) is 13.2 Å². The normalized spacial score (nSPS) is 12.4. The molecule has 0 aliphatic rings. The van der Waals surface area contributed by atoms with Gasteiger partial charge >= 0.3 is 0 Å². The fourth-order valence-corrected chi connectivity index (χ4v) is 4.20. The van der Waals surface area contributed by atoms with Crippen molar-refractivity contribution in [3.05, 3.63) is 41.8 Å². The second-order valence-electron chi connectivity index (χ2n) is 5.07. The van der Waals surface area contributed by atoms with Crippen molar-refractivity contribution >= 4 is 27.3 Å². The van der Waals surface area contributed by atoms with E-state index in [-0.39, 0.29) is 17.4 Å². The van der Waals surface area contributed by atoms with Crippen LogP contribution in [0.15, 0.2) is 46.0 Å². The maximum Gasteiger partial charge on any atom is 0.250 e. The predicted molar refractivity (Wildman–Crippen MR) is 95.6 cm³/mol. The van der Waals surface area contributed by atoms with E-state index in [1.165, 1.54) is 13.0 Å². The van der Waals surface area contributed by atoms with Crippen LogP contribution in [0.1, 0.15) is 6.92 Å². The van der Waals surface area contributed by atoms with E-state index in [1.54, 1.807) is 30.7 Å². The number of methoxy groups -OCH3 is 1. The first-order valence-electron chi connectivity index (χ1n) is 7.53. The van der Waals surface area contributed by atoms with Gasteiger partial charge in [-0.2, -0.15) is 4.72 Å². The van der Waals surface area contributed by atoms with E-state index in [4.69, 9.17) is 9.47 Å². The number of nitrogens with one attached hydrogen (secondary N) is 2. The molecule has 2 N–H and O–H groups in total. The maximum atomic E-state index is 12.1. The average Bonchev–Trinajstić information content (AvgIpc) is 3.14. The minimum Gasteiger partial charge on any atom is -0.493 e. The topological polar surface area (TPSA) is 93.7 Å². The number of rotatable bonds is 9. The van der Waals surface area contributed by atoms with E-state index in [1.807, 2.05) is 12.1 Å². The van der Waals surface area contributed by atoms with Gasteiger partial charge in [-0.1, -0.05) is 18.2 Å². The van der Waals surface area contributed by atoms with E-state index in [0.29, 0.717) is 11.5 Å². The van der Waals surface area contributed by atoms with Crippen LogP contribution in [0.3, 0.4) is 0 Å². The molecule has 9 heteroatoms. The van der Waals surface area contributed by atoms with Crippen molar-refractivity contribution in [1.82, 2.24) is 10.0 Å². The minimum atomic E-state index is -3.68. The van der Waals surface area contributed by atoms with E-state index >= 15 is 0 Å². The Kier molecular flexibility index (Phi) is 6.80. The number of para-hydroxylation sites is 2. The number of carbonyl (C=O) groups excluding carboxylic acids is 1. The molecule has 0 radical (unpaired) electrons. The van der Waals surface area contributed by atoms with Crippen LogP contribution >= 0.6 is 11.3 Å². The molecule has 7 nitrogen and oxygen atoms in total. The van der Waals surface area contributed by atoms with E-state index in [0.717, 1.165) is 11.3 Å². The second-order valence-corrected chi connectivity index (χ2v) is 7.95. The lowest BCUT2D eigenvalue weighted by molar-refractivity contribution is -0.122. The summed E-state index contributed by atoms with van der Waals surface area (Å²) < 4.78 is 37.4. The molecule has 1 aromatic heterocycles. The predicted octanol–water partition coefficient (Wildman–Crippen LogP) is 1.62. The Morgan fingerprint density at radius 3 is 2.56 bits per heavy atom. The van der Waals surface area contributed by atoms with Crippen LogP contribution < -0.4 is 19.5 Å². The highest BCUT2D eigenvalue weighted by molar-refractivity contribution is 7.91. The largest absolute Gasteiger partial charge is 0.493 e. The lowest BCUT2D eigenvalue weighted by atomic mass is 10.3. The molecule has 1 heterocycles. The number of hydrogen-bond acceptors (Lipinski definition) is 6. The Hall–Kier alpha value is -2.10. The number of sulfonamides is 1. The number of ether oxygens (including phenoxy) is 2. The van der Waals surface area contributed by atoms with Crippen LogP contribution in [0, 0.1) is 0 Å². The molecule has 0 fully saturated rings. The van der Waals surface area contributed by atoms with Gasteiger partial charge in [-0.25, -0.2) is 8.42 Å². The van der Waals surface area contributed by atoms with Crippen molar-refractivity contribution < 1.29 is 22.7 Å². The van der Waals surface area contributed by atoms with Gasteiger partial charge in [0, 0.05) is 0 Å². The molecule has 1 amide bonds. The van der Waals surface area contributed by atoms with Gasteiger partial charge in [0.2, 0.25) is 5.91 Å². The highest BCUT2D eigenvalue weighted by atomic mass is 32.2. The molecule has 1 atom stereocenters. The Morgan fingerprint density at radius 1 is 1.20 bits per heavy atom. The summed E-state index contributed by atoms with van der Waals surface area (Å²) in [6, 6.07) is 9.41. The van der Waals surface area contributed by atoms with Gasteiger partial charge in [0.15, 0.2) is 11.5 Å². The van der Waals surface area contributed by atoms with Crippen molar-refractivity contribution in [2.45, 2.75) is 17.2 Å². The third-order valence-electron chi connectivity index (χ3n) is 3.21. The molecule has 1 aromatic carbocycles. The van der Waals surface area contributed by atoms with Crippen molar-refractivity contribution in [3.63, 3.8) is 0 Å². The summed E-state index contributed by atoms with van der Waals surface area (Å²) in [6.07, 6.45) is 0. The third-order valence-corrected chi connectivity index (χ3v) is 6.15. The molecule has 0 bridgehead atoms. The molecule has 1 unspecified atom stereocenters. The quantitative estimate of drug-likeness (QED) is 0.641. The number of amides is 1. The van der Waals surface area contributed by atoms with Crippen LogP contribution in [0.5, 0.6) is 11.5 Å². The van der Waals surface area contributed by atoms with Crippen LogP contribution in [-0.2, 0) is 14.8 Å². The van der Waals surface area contributed by atoms with Crippen LogP contribution in [0.2, 0.25) is 0 Å². The van der Waals surface area contributed by atoms with Gasteiger partial charge in [-0.3, -0.25) is 4.79 Å². The van der Waals surface area contributed by atoms with Gasteiger partial charge in [0.05, 0.1) is 19.7 Å². The number of benzene rings is 1. The fraction of sp³-hybridized carbons (Fsp3) is 0.312. The van der Waals surface area contributed by atoms with Crippen molar-refractivity contribution in [2.24, 2.45) is 0 Å². The molecule has 2 aromatic rings. The van der Waals surface area contributed by atoms with E-state index < -0.39 is 22.0 Å². The van der Waals surface area contributed by atoms with Crippen LogP contribution in [0.4, 0.5) is 0 Å². The van der Waals surface area contributed by atoms with Crippen molar-refractivity contribution in [2.75, 3.05) is 20.3 Å². The maximum absolute atomic E-state index is 12.1. The Morgan fingerprint density at radius 2 is 1.92 bits per heavy atom. The van der Waals surface area contributed by atoms with Gasteiger partial charge in [-0.15, -0.1) is 11.3 Å².